The molecule has 2 fully saturated rings. The monoisotopic (exact) mass is 378 g/mol. The van der Waals surface area contributed by atoms with Crippen molar-refractivity contribution in [1.29, 1.82) is 0 Å². The van der Waals surface area contributed by atoms with Gasteiger partial charge in [-0.25, -0.2) is 0 Å². The molecule has 1 aromatic rings. The molecule has 3 rings (SSSR count). The first kappa shape index (κ1) is 19.7. The van der Waals surface area contributed by atoms with Gasteiger partial charge in [0.1, 0.15) is 0 Å². The van der Waals surface area contributed by atoms with Crippen LogP contribution in [0, 0.1) is 11.8 Å². The van der Waals surface area contributed by atoms with Crippen LogP contribution in [0.15, 0.2) is 24.3 Å². The highest BCUT2D eigenvalue weighted by atomic mass is 35.5. The number of nitrogens with one attached hydrogen (secondary N) is 1. The first-order valence-electron chi connectivity index (χ1n) is 9.84. The van der Waals surface area contributed by atoms with E-state index in [4.69, 9.17) is 16.3 Å². The molecule has 2 saturated heterocycles. The van der Waals surface area contributed by atoms with E-state index in [0.29, 0.717) is 37.6 Å². The second-order valence-electron chi connectivity index (χ2n) is 8.17. The minimum absolute atomic E-state index is 0.112. The predicted molar refractivity (Wildman–Crippen MR) is 106 cm³/mol. The minimum Gasteiger partial charge on any atom is -0.381 e. The molecular weight excluding hydrogens is 348 g/mol. The molecule has 1 amide bonds. The Balaban J connectivity index is 1.63. The molecular formula is C21H31ClN2O2. The smallest absolute Gasteiger partial charge is 0.230 e. The van der Waals surface area contributed by atoms with Gasteiger partial charge in [-0.1, -0.05) is 37.6 Å². The second kappa shape index (κ2) is 8.73. The summed E-state index contributed by atoms with van der Waals surface area (Å²) in [5.41, 5.74) is 0.483. The predicted octanol–water partition coefficient (Wildman–Crippen LogP) is 3.48. The molecule has 0 aliphatic carbocycles. The fourth-order valence-electron chi connectivity index (χ4n) is 4.62. The number of ether oxygens (including phenoxy) is 1. The topological polar surface area (TPSA) is 41.6 Å². The summed E-state index contributed by atoms with van der Waals surface area (Å²) in [5, 5.41) is 3.89. The van der Waals surface area contributed by atoms with E-state index in [-0.39, 0.29) is 5.91 Å². The largest absolute Gasteiger partial charge is 0.381 e. The van der Waals surface area contributed by atoms with Gasteiger partial charge >= 0.3 is 0 Å². The number of hydrogen-bond donors (Lipinski definition) is 1. The van der Waals surface area contributed by atoms with Crippen LogP contribution >= 0.6 is 11.6 Å². The molecule has 2 heterocycles. The number of amides is 1. The van der Waals surface area contributed by atoms with E-state index in [1.54, 1.807) is 0 Å². The number of carbonyl (C=O) groups is 1. The molecule has 0 radical (unpaired) electrons. The average Bonchev–Trinajstić information content (AvgIpc) is 2.61. The molecule has 2 aliphatic rings. The first-order chi connectivity index (χ1) is 12.5. The number of nitrogens with zero attached hydrogens (tertiary/aromatic N) is 1. The summed E-state index contributed by atoms with van der Waals surface area (Å²) in [6.45, 7) is 9.74. The Morgan fingerprint density at radius 3 is 2.62 bits per heavy atom. The molecule has 1 aromatic carbocycles. The van der Waals surface area contributed by atoms with E-state index in [2.05, 4.69) is 24.1 Å². The highest BCUT2D eigenvalue weighted by Gasteiger charge is 2.41. The molecule has 0 bridgehead atoms. The van der Waals surface area contributed by atoms with Crippen molar-refractivity contribution in [2.24, 2.45) is 11.8 Å². The summed E-state index contributed by atoms with van der Waals surface area (Å²) >= 11 is 6.19. The molecule has 0 saturated carbocycles. The van der Waals surface area contributed by atoms with Gasteiger partial charge in [0.25, 0.3) is 0 Å². The lowest BCUT2D eigenvalue weighted by atomic mass is 9.73. The van der Waals surface area contributed by atoms with Crippen LogP contribution in [0.2, 0.25) is 5.02 Å². The average molecular weight is 379 g/mol. The molecule has 5 heteroatoms. The Labute approximate surface area is 162 Å². The highest BCUT2D eigenvalue weighted by molar-refractivity contribution is 6.30. The van der Waals surface area contributed by atoms with E-state index < -0.39 is 5.41 Å². The summed E-state index contributed by atoms with van der Waals surface area (Å²) < 4.78 is 5.53. The van der Waals surface area contributed by atoms with Gasteiger partial charge in [-0.3, -0.25) is 4.79 Å². The highest BCUT2D eigenvalue weighted by Crippen LogP contribution is 2.36. The van der Waals surface area contributed by atoms with Crippen LogP contribution < -0.4 is 5.32 Å². The molecule has 144 valence electrons. The van der Waals surface area contributed by atoms with Gasteiger partial charge in [-0.2, -0.15) is 0 Å². The zero-order valence-electron chi connectivity index (χ0n) is 16.0. The van der Waals surface area contributed by atoms with Gasteiger partial charge in [-0.05, 0) is 48.8 Å². The Hall–Kier alpha value is -1.10. The van der Waals surface area contributed by atoms with E-state index in [9.17, 15) is 4.79 Å². The quantitative estimate of drug-likeness (QED) is 0.852. The molecule has 1 N–H and O–H groups in total. The van der Waals surface area contributed by atoms with Crippen molar-refractivity contribution < 1.29 is 9.53 Å². The van der Waals surface area contributed by atoms with Crippen molar-refractivity contribution in [3.8, 4) is 0 Å². The Morgan fingerprint density at radius 2 is 1.96 bits per heavy atom. The summed E-state index contributed by atoms with van der Waals surface area (Å²) in [4.78, 5) is 15.7. The van der Waals surface area contributed by atoms with Crippen LogP contribution in [-0.4, -0.2) is 50.2 Å². The lowest BCUT2D eigenvalue weighted by molar-refractivity contribution is -0.130. The van der Waals surface area contributed by atoms with Crippen molar-refractivity contribution in [2.45, 2.75) is 38.5 Å². The fraction of sp³-hybridized carbons (Fsp3) is 0.667. The van der Waals surface area contributed by atoms with Gasteiger partial charge in [0.15, 0.2) is 0 Å². The molecule has 0 aromatic heterocycles. The van der Waals surface area contributed by atoms with Crippen LogP contribution in [0.4, 0.5) is 0 Å². The lowest BCUT2D eigenvalue weighted by Gasteiger charge is -2.37. The molecule has 2 unspecified atom stereocenters. The summed E-state index contributed by atoms with van der Waals surface area (Å²) in [5.74, 6) is 1.59. The van der Waals surface area contributed by atoms with Crippen LogP contribution in [0.3, 0.4) is 0 Å². The van der Waals surface area contributed by atoms with Crippen LogP contribution in [0.25, 0.3) is 0 Å². The van der Waals surface area contributed by atoms with Crippen molar-refractivity contribution >= 4 is 17.5 Å². The summed E-state index contributed by atoms with van der Waals surface area (Å²) in [6, 6.07) is 7.73. The van der Waals surface area contributed by atoms with E-state index in [1.165, 1.54) is 6.42 Å². The molecule has 2 atom stereocenters. The number of likely N-dealkylation sites (tertiary alicyclic amines) is 1. The maximum Gasteiger partial charge on any atom is 0.230 e. The molecule has 26 heavy (non-hydrogen) atoms. The summed E-state index contributed by atoms with van der Waals surface area (Å²) in [7, 11) is 0. The zero-order valence-corrected chi connectivity index (χ0v) is 16.7. The maximum atomic E-state index is 13.2. The number of hydrogen-bond acceptors (Lipinski definition) is 3. The Kier molecular flexibility index (Phi) is 6.60. The molecule has 0 spiro atoms. The van der Waals surface area contributed by atoms with Gasteiger partial charge < -0.3 is 15.0 Å². The van der Waals surface area contributed by atoms with E-state index >= 15 is 0 Å². The third-order valence-electron chi connectivity index (χ3n) is 5.82. The minimum atomic E-state index is -0.522. The van der Waals surface area contributed by atoms with Crippen molar-refractivity contribution in [2.75, 3.05) is 39.4 Å². The third kappa shape index (κ3) is 4.59. The molecule has 2 aliphatic heterocycles. The summed E-state index contributed by atoms with van der Waals surface area (Å²) in [6.07, 6.45) is 2.72. The maximum absolute atomic E-state index is 13.2. The first-order valence-corrected chi connectivity index (χ1v) is 10.2. The van der Waals surface area contributed by atoms with E-state index in [1.807, 2.05) is 24.3 Å². The number of benzene rings is 1. The lowest BCUT2D eigenvalue weighted by Crippen LogP contribution is -2.50. The SMILES string of the molecule is CC1CC(C)CN(CCNC(=O)C2(c3cccc(Cl)c3)CCOCC2)C1. The van der Waals surface area contributed by atoms with Crippen LogP contribution in [-0.2, 0) is 14.9 Å². The number of carbonyl (C=O) groups excluding carboxylic acids is 1. The van der Waals surface area contributed by atoms with Crippen LogP contribution in [0.1, 0.15) is 38.7 Å². The number of halogens is 1. The van der Waals surface area contributed by atoms with Crippen molar-refractivity contribution in [3.05, 3.63) is 34.9 Å². The van der Waals surface area contributed by atoms with E-state index in [0.717, 1.165) is 37.0 Å². The van der Waals surface area contributed by atoms with Gasteiger partial charge in [-0.15, -0.1) is 0 Å². The van der Waals surface area contributed by atoms with Gasteiger partial charge in [0.05, 0.1) is 5.41 Å². The van der Waals surface area contributed by atoms with Crippen LogP contribution in [0.5, 0.6) is 0 Å². The van der Waals surface area contributed by atoms with Crippen molar-refractivity contribution in [1.82, 2.24) is 10.2 Å². The van der Waals surface area contributed by atoms with Crippen molar-refractivity contribution in [3.63, 3.8) is 0 Å². The van der Waals surface area contributed by atoms with Gasteiger partial charge in [0, 0.05) is 44.4 Å². The standard InChI is InChI=1S/C21H31ClN2O2/c1-16-12-17(2)15-24(14-16)9-8-23-20(25)21(6-10-26-11-7-21)18-4-3-5-19(22)13-18/h3-5,13,16-17H,6-12,14-15H2,1-2H3,(H,23,25). The number of piperidine rings is 1. The second-order valence-corrected chi connectivity index (χ2v) is 8.60. The van der Waals surface area contributed by atoms with Gasteiger partial charge in [0.2, 0.25) is 5.91 Å². The molecule has 4 nitrogen and oxygen atoms in total. The Bertz CT molecular complexity index is 606. The normalized spacial score (nSPS) is 26.4. The Morgan fingerprint density at radius 1 is 1.27 bits per heavy atom. The fourth-order valence-corrected chi connectivity index (χ4v) is 4.81. The number of rotatable bonds is 5. The third-order valence-corrected chi connectivity index (χ3v) is 6.05. The zero-order chi connectivity index (χ0) is 18.6.